The van der Waals surface area contributed by atoms with E-state index >= 15 is 0 Å². The minimum atomic E-state index is -4.22. The van der Waals surface area contributed by atoms with E-state index in [0.29, 0.717) is 12.2 Å². The average Bonchev–Trinajstić information content (AvgIpc) is 2.59. The monoisotopic (exact) mass is 370 g/mol. The van der Waals surface area contributed by atoms with E-state index < -0.39 is 41.8 Å². The van der Waals surface area contributed by atoms with Gasteiger partial charge in [0.05, 0.1) is 7.11 Å². The van der Waals surface area contributed by atoms with Crippen LogP contribution in [0.15, 0.2) is 24.3 Å². The Labute approximate surface area is 151 Å². The molecule has 0 saturated heterocycles. The van der Waals surface area contributed by atoms with Crippen LogP contribution in [0.4, 0.5) is 8.78 Å². The van der Waals surface area contributed by atoms with Gasteiger partial charge in [-0.1, -0.05) is 26.0 Å². The van der Waals surface area contributed by atoms with Crippen molar-refractivity contribution in [3.8, 4) is 5.75 Å². The molecule has 0 fully saturated rings. The molecule has 1 aromatic carbocycles. The Bertz CT molecular complexity index is 645. The number of ether oxygens (including phenoxy) is 1. The summed E-state index contributed by atoms with van der Waals surface area (Å²) in [6.07, 6.45) is -0.208. The number of ketones is 1. The van der Waals surface area contributed by atoms with E-state index in [1.54, 1.807) is 24.3 Å². The summed E-state index contributed by atoms with van der Waals surface area (Å²) in [6.45, 7) is 2.97. The molecule has 144 valence electrons. The molecule has 0 heterocycles. The van der Waals surface area contributed by atoms with Gasteiger partial charge in [0.2, 0.25) is 11.7 Å². The number of amides is 2. The van der Waals surface area contributed by atoms with Crippen LogP contribution >= 0.6 is 0 Å². The second kappa shape index (κ2) is 9.26. The minimum absolute atomic E-state index is 0.0593. The van der Waals surface area contributed by atoms with E-state index in [1.165, 1.54) is 21.0 Å². The first-order valence-electron chi connectivity index (χ1n) is 8.21. The number of rotatable bonds is 10. The van der Waals surface area contributed by atoms with Crippen molar-refractivity contribution in [1.82, 2.24) is 5.32 Å². The lowest BCUT2D eigenvalue weighted by Crippen LogP contribution is -2.50. The molecule has 0 saturated carbocycles. The highest BCUT2D eigenvalue weighted by Gasteiger charge is 2.50. The molecule has 1 atom stereocenters. The van der Waals surface area contributed by atoms with E-state index in [4.69, 9.17) is 10.5 Å². The van der Waals surface area contributed by atoms with E-state index in [2.05, 4.69) is 5.32 Å². The van der Waals surface area contributed by atoms with Crippen LogP contribution in [0.1, 0.15) is 25.8 Å². The number of carbonyl (C=O) groups is 3. The molecule has 1 unspecified atom stereocenters. The normalized spacial score (nSPS) is 12.5. The van der Waals surface area contributed by atoms with Crippen LogP contribution in [0.2, 0.25) is 0 Å². The van der Waals surface area contributed by atoms with Crippen molar-refractivity contribution in [3.63, 3.8) is 0 Å². The summed E-state index contributed by atoms with van der Waals surface area (Å²) in [5, 5.41) is 2.07. The summed E-state index contributed by atoms with van der Waals surface area (Å²) in [4.78, 5) is 34.9. The third kappa shape index (κ3) is 5.79. The molecule has 1 aromatic rings. The van der Waals surface area contributed by atoms with E-state index in [9.17, 15) is 23.2 Å². The molecule has 1 rings (SSSR count). The fourth-order valence-corrected chi connectivity index (χ4v) is 2.42. The Morgan fingerprint density at radius 2 is 1.77 bits per heavy atom. The zero-order valence-electron chi connectivity index (χ0n) is 15.1. The third-order valence-corrected chi connectivity index (χ3v) is 4.02. The van der Waals surface area contributed by atoms with Crippen LogP contribution in [0.25, 0.3) is 0 Å². The van der Waals surface area contributed by atoms with Crippen LogP contribution < -0.4 is 15.8 Å². The van der Waals surface area contributed by atoms with Gasteiger partial charge in [0, 0.05) is 18.9 Å². The van der Waals surface area contributed by atoms with Crippen molar-refractivity contribution in [3.05, 3.63) is 29.8 Å². The number of hydrogen-bond donors (Lipinski definition) is 2. The number of primary amides is 1. The molecule has 0 aliphatic rings. The molecule has 6 nitrogen and oxygen atoms in total. The molecule has 8 heteroatoms. The topological polar surface area (TPSA) is 98.5 Å². The molecule has 26 heavy (non-hydrogen) atoms. The molecule has 0 aliphatic carbocycles. The molecule has 0 aliphatic heterocycles. The van der Waals surface area contributed by atoms with E-state index in [-0.39, 0.29) is 6.54 Å². The largest absolute Gasteiger partial charge is 0.497 e. The zero-order chi connectivity index (χ0) is 19.9. The lowest BCUT2D eigenvalue weighted by molar-refractivity contribution is -0.162. The number of methoxy groups -OCH3 is 1. The molecule has 0 radical (unpaired) electrons. The maximum atomic E-state index is 14.2. The van der Waals surface area contributed by atoms with Crippen LogP contribution in [-0.4, -0.2) is 37.2 Å². The van der Waals surface area contributed by atoms with Crippen molar-refractivity contribution in [2.45, 2.75) is 32.6 Å². The Kier molecular flexibility index (Phi) is 7.67. The van der Waals surface area contributed by atoms with Gasteiger partial charge in [0.1, 0.15) is 5.75 Å². The van der Waals surface area contributed by atoms with Gasteiger partial charge >= 0.3 is 5.92 Å². The molecule has 3 N–H and O–H groups in total. The third-order valence-electron chi connectivity index (χ3n) is 4.02. The Morgan fingerprint density at radius 1 is 1.19 bits per heavy atom. The maximum Gasteiger partial charge on any atom is 0.381 e. The second-order valence-corrected chi connectivity index (χ2v) is 6.31. The standard InChI is InChI=1S/C18H24F2N2O4/c1-11(2)14(10-15(21)23)16(24)18(19,20)17(25)22-9-8-12-4-6-13(26-3)7-5-12/h4-7,11,14H,8-10H2,1-3H3,(H2,21,23)(H,22,25). The van der Waals surface area contributed by atoms with Gasteiger partial charge in [-0.15, -0.1) is 0 Å². The molecule has 2 amide bonds. The van der Waals surface area contributed by atoms with Crippen molar-refractivity contribution in [2.75, 3.05) is 13.7 Å². The smallest absolute Gasteiger partial charge is 0.381 e. The van der Waals surface area contributed by atoms with Crippen molar-refractivity contribution >= 4 is 17.6 Å². The lowest BCUT2D eigenvalue weighted by atomic mass is 9.85. The van der Waals surface area contributed by atoms with Crippen molar-refractivity contribution < 1.29 is 27.9 Å². The first-order valence-corrected chi connectivity index (χ1v) is 8.21. The summed E-state index contributed by atoms with van der Waals surface area (Å²) in [7, 11) is 1.52. The molecular weight excluding hydrogens is 346 g/mol. The Balaban J connectivity index is 2.67. The predicted octanol–water partition coefficient (Wildman–Crippen LogP) is 1.71. The van der Waals surface area contributed by atoms with E-state index in [0.717, 1.165) is 5.56 Å². The van der Waals surface area contributed by atoms with Crippen LogP contribution in [0.5, 0.6) is 5.75 Å². The molecule has 0 bridgehead atoms. The SMILES string of the molecule is COc1ccc(CCNC(=O)C(F)(F)C(=O)C(CC(N)=O)C(C)C)cc1. The molecular formula is C18H24F2N2O4. The fourth-order valence-electron chi connectivity index (χ4n) is 2.42. The van der Waals surface area contributed by atoms with Crippen LogP contribution in [-0.2, 0) is 20.8 Å². The summed E-state index contributed by atoms with van der Waals surface area (Å²) in [5.74, 6) is -9.55. The Morgan fingerprint density at radius 3 is 2.23 bits per heavy atom. The predicted molar refractivity (Wildman–Crippen MR) is 91.8 cm³/mol. The highest BCUT2D eigenvalue weighted by atomic mass is 19.3. The average molecular weight is 370 g/mol. The first-order chi connectivity index (χ1) is 12.1. The minimum Gasteiger partial charge on any atom is -0.497 e. The summed E-state index contributed by atoms with van der Waals surface area (Å²) in [6, 6.07) is 6.92. The molecule has 0 aromatic heterocycles. The highest BCUT2D eigenvalue weighted by molar-refractivity contribution is 6.09. The van der Waals surface area contributed by atoms with Gasteiger partial charge in [0.15, 0.2) is 0 Å². The van der Waals surface area contributed by atoms with Crippen LogP contribution in [0.3, 0.4) is 0 Å². The van der Waals surface area contributed by atoms with Gasteiger partial charge in [-0.05, 0) is 30.0 Å². The maximum absolute atomic E-state index is 14.2. The van der Waals surface area contributed by atoms with Gasteiger partial charge in [-0.3, -0.25) is 14.4 Å². The number of hydrogen-bond acceptors (Lipinski definition) is 4. The number of Topliss-reactive ketones (excluding diaryl/α,β-unsaturated/α-hetero) is 1. The highest BCUT2D eigenvalue weighted by Crippen LogP contribution is 2.27. The number of alkyl halides is 2. The zero-order valence-corrected chi connectivity index (χ0v) is 15.1. The number of halogens is 2. The number of nitrogens with one attached hydrogen (secondary N) is 1. The number of benzene rings is 1. The number of nitrogens with two attached hydrogens (primary N) is 1. The lowest BCUT2D eigenvalue weighted by Gasteiger charge is -2.23. The summed E-state index contributed by atoms with van der Waals surface area (Å²) >= 11 is 0. The fraction of sp³-hybridized carbons (Fsp3) is 0.500. The van der Waals surface area contributed by atoms with Crippen molar-refractivity contribution in [1.29, 1.82) is 0 Å². The number of carbonyl (C=O) groups excluding carboxylic acids is 3. The second-order valence-electron chi connectivity index (χ2n) is 6.31. The first kappa shape index (κ1) is 21.5. The van der Waals surface area contributed by atoms with Gasteiger partial charge in [0.25, 0.3) is 5.91 Å². The van der Waals surface area contributed by atoms with Gasteiger partial charge in [-0.2, -0.15) is 8.78 Å². The van der Waals surface area contributed by atoms with E-state index in [1.807, 2.05) is 0 Å². The molecule has 0 spiro atoms. The summed E-state index contributed by atoms with van der Waals surface area (Å²) < 4.78 is 33.3. The summed E-state index contributed by atoms with van der Waals surface area (Å²) in [5.41, 5.74) is 5.82. The van der Waals surface area contributed by atoms with Crippen LogP contribution in [0, 0.1) is 11.8 Å². The Hall–Kier alpha value is -2.51. The quantitative estimate of drug-likeness (QED) is 0.613. The van der Waals surface area contributed by atoms with Crippen molar-refractivity contribution in [2.24, 2.45) is 17.6 Å². The van der Waals surface area contributed by atoms with Gasteiger partial charge in [-0.25, -0.2) is 0 Å². The van der Waals surface area contributed by atoms with Gasteiger partial charge < -0.3 is 15.8 Å².